The molecule has 0 saturated carbocycles. The van der Waals surface area contributed by atoms with Crippen LogP contribution in [0.5, 0.6) is 5.75 Å². The number of hydrogen-bond acceptors (Lipinski definition) is 4. The summed E-state index contributed by atoms with van der Waals surface area (Å²) in [5, 5.41) is 0. The van der Waals surface area contributed by atoms with Gasteiger partial charge in [-0.2, -0.15) is 0 Å². The minimum Gasteiger partial charge on any atom is -0.482 e. The first-order valence-electron chi connectivity index (χ1n) is 7.98. The first kappa shape index (κ1) is 17.5. The molecule has 2 aromatic rings. The van der Waals surface area contributed by atoms with Crippen LogP contribution in [-0.4, -0.2) is 31.1 Å². The number of esters is 1. The molecule has 0 aliphatic carbocycles. The molecule has 1 aliphatic heterocycles. The lowest BCUT2D eigenvalue weighted by Gasteiger charge is -2.22. The van der Waals surface area contributed by atoms with Crippen molar-refractivity contribution in [2.45, 2.75) is 19.4 Å². The highest BCUT2D eigenvalue weighted by atomic mass is 79.9. The summed E-state index contributed by atoms with van der Waals surface area (Å²) < 4.78 is 11.3. The third-order valence-corrected chi connectivity index (χ3v) is 4.48. The number of para-hydroxylation sites is 1. The minimum absolute atomic E-state index is 0.0570. The summed E-state index contributed by atoms with van der Waals surface area (Å²) in [7, 11) is 0. The number of halogens is 1. The van der Waals surface area contributed by atoms with Gasteiger partial charge in [0.1, 0.15) is 5.75 Å². The zero-order valence-corrected chi connectivity index (χ0v) is 15.4. The molecule has 2 aromatic carbocycles. The smallest absolute Gasteiger partial charge is 0.344 e. The average Bonchev–Trinajstić information content (AvgIpc) is 2.93. The van der Waals surface area contributed by atoms with Gasteiger partial charge in [0.15, 0.2) is 13.2 Å². The van der Waals surface area contributed by atoms with E-state index in [0.717, 1.165) is 22.1 Å². The molecule has 0 spiro atoms. The third-order valence-electron chi connectivity index (χ3n) is 3.99. The maximum Gasteiger partial charge on any atom is 0.344 e. The van der Waals surface area contributed by atoms with E-state index in [1.807, 2.05) is 37.3 Å². The van der Waals surface area contributed by atoms with Crippen molar-refractivity contribution in [1.29, 1.82) is 0 Å². The van der Waals surface area contributed by atoms with Gasteiger partial charge in [-0.05, 0) is 43.2 Å². The molecule has 0 fully saturated rings. The van der Waals surface area contributed by atoms with E-state index in [-0.39, 0.29) is 25.2 Å². The van der Waals surface area contributed by atoms with E-state index in [1.54, 1.807) is 23.1 Å². The molecule has 25 heavy (non-hydrogen) atoms. The fraction of sp³-hybridized carbons (Fsp3) is 0.263. The first-order valence-corrected chi connectivity index (χ1v) is 8.78. The Morgan fingerprint density at radius 3 is 2.76 bits per heavy atom. The van der Waals surface area contributed by atoms with Gasteiger partial charge in [-0.1, -0.05) is 40.2 Å². The Bertz CT molecular complexity index is 792. The van der Waals surface area contributed by atoms with Crippen molar-refractivity contribution in [2.75, 3.05) is 18.1 Å². The molecule has 0 N–H and O–H groups in total. The van der Waals surface area contributed by atoms with Crippen LogP contribution in [-0.2, 0) is 20.7 Å². The van der Waals surface area contributed by atoms with Crippen molar-refractivity contribution in [3.63, 3.8) is 0 Å². The van der Waals surface area contributed by atoms with Crippen molar-refractivity contribution < 1.29 is 19.1 Å². The van der Waals surface area contributed by atoms with Crippen molar-refractivity contribution >= 4 is 33.5 Å². The van der Waals surface area contributed by atoms with Crippen molar-refractivity contribution in [3.8, 4) is 5.75 Å². The molecular formula is C19H18BrNO4. The van der Waals surface area contributed by atoms with Crippen LogP contribution in [0, 0.1) is 0 Å². The van der Waals surface area contributed by atoms with Crippen LogP contribution in [0.3, 0.4) is 0 Å². The monoisotopic (exact) mass is 403 g/mol. The summed E-state index contributed by atoms with van der Waals surface area (Å²) in [6, 6.07) is 15.0. The van der Waals surface area contributed by atoms with Crippen LogP contribution in [0.25, 0.3) is 0 Å². The summed E-state index contributed by atoms with van der Waals surface area (Å²) >= 11 is 3.33. The standard InChI is InChI=1S/C19H18BrNO4/c1-13-9-14-5-2-3-8-17(14)21(13)18(22)11-25-19(23)12-24-16-7-4-6-15(20)10-16/h2-8,10,13H,9,11-12H2,1H3/t13-/m1/s1. The normalized spacial score (nSPS) is 15.6. The van der Waals surface area contributed by atoms with Gasteiger partial charge in [-0.15, -0.1) is 0 Å². The second kappa shape index (κ2) is 7.70. The third kappa shape index (κ3) is 4.20. The van der Waals surface area contributed by atoms with Crippen LogP contribution in [0.15, 0.2) is 53.0 Å². The SMILES string of the molecule is C[C@@H]1Cc2ccccc2N1C(=O)COC(=O)COc1cccc(Br)c1. The predicted molar refractivity (Wildman–Crippen MR) is 97.7 cm³/mol. The van der Waals surface area contributed by atoms with Gasteiger partial charge in [-0.25, -0.2) is 4.79 Å². The average molecular weight is 404 g/mol. The van der Waals surface area contributed by atoms with Crippen LogP contribution >= 0.6 is 15.9 Å². The lowest BCUT2D eigenvalue weighted by Crippen LogP contribution is -2.39. The van der Waals surface area contributed by atoms with Crippen molar-refractivity contribution in [1.82, 2.24) is 0 Å². The number of amides is 1. The maximum absolute atomic E-state index is 12.4. The molecule has 3 rings (SSSR count). The summed E-state index contributed by atoms with van der Waals surface area (Å²) in [6.07, 6.45) is 0.807. The van der Waals surface area contributed by atoms with Gasteiger partial charge in [0.05, 0.1) is 0 Å². The van der Waals surface area contributed by atoms with Crippen LogP contribution in [0.1, 0.15) is 12.5 Å². The first-order chi connectivity index (χ1) is 12.0. The zero-order chi connectivity index (χ0) is 17.8. The molecule has 0 aromatic heterocycles. The highest BCUT2D eigenvalue weighted by Gasteiger charge is 2.30. The Kier molecular flexibility index (Phi) is 5.38. The molecule has 1 heterocycles. The largest absolute Gasteiger partial charge is 0.482 e. The molecular weight excluding hydrogens is 386 g/mol. The van der Waals surface area contributed by atoms with Crippen LogP contribution < -0.4 is 9.64 Å². The molecule has 0 bridgehead atoms. The predicted octanol–water partition coefficient (Wildman–Crippen LogP) is 3.35. The van der Waals surface area contributed by atoms with E-state index >= 15 is 0 Å². The maximum atomic E-state index is 12.4. The van der Waals surface area contributed by atoms with Gasteiger partial charge in [0.2, 0.25) is 0 Å². The number of carbonyl (C=O) groups excluding carboxylic acids is 2. The van der Waals surface area contributed by atoms with Crippen molar-refractivity contribution in [3.05, 3.63) is 58.6 Å². The molecule has 0 radical (unpaired) electrons. The fourth-order valence-electron chi connectivity index (χ4n) is 2.90. The Balaban J connectivity index is 1.51. The fourth-order valence-corrected chi connectivity index (χ4v) is 3.28. The summed E-state index contributed by atoms with van der Waals surface area (Å²) in [4.78, 5) is 26.0. The lowest BCUT2D eigenvalue weighted by molar-refractivity contribution is -0.149. The quantitative estimate of drug-likeness (QED) is 0.718. The number of carbonyl (C=O) groups is 2. The number of benzene rings is 2. The van der Waals surface area contributed by atoms with E-state index in [4.69, 9.17) is 9.47 Å². The Morgan fingerprint density at radius 2 is 1.96 bits per heavy atom. The number of rotatable bonds is 5. The van der Waals surface area contributed by atoms with E-state index in [1.165, 1.54) is 0 Å². The van der Waals surface area contributed by atoms with Gasteiger partial charge in [-0.3, -0.25) is 4.79 Å². The Labute approximate surface area is 154 Å². The number of hydrogen-bond donors (Lipinski definition) is 0. The second-order valence-corrected chi connectivity index (χ2v) is 6.77. The molecule has 1 atom stereocenters. The number of ether oxygens (including phenoxy) is 2. The molecule has 1 aliphatic rings. The highest BCUT2D eigenvalue weighted by Crippen LogP contribution is 2.31. The molecule has 5 nitrogen and oxygen atoms in total. The number of anilines is 1. The molecule has 0 saturated heterocycles. The Hall–Kier alpha value is -2.34. The van der Waals surface area contributed by atoms with E-state index in [9.17, 15) is 9.59 Å². The zero-order valence-electron chi connectivity index (χ0n) is 13.8. The van der Waals surface area contributed by atoms with Crippen LogP contribution in [0.4, 0.5) is 5.69 Å². The van der Waals surface area contributed by atoms with Gasteiger partial charge in [0.25, 0.3) is 5.91 Å². The topological polar surface area (TPSA) is 55.8 Å². The van der Waals surface area contributed by atoms with E-state index in [2.05, 4.69) is 15.9 Å². The van der Waals surface area contributed by atoms with Gasteiger partial charge >= 0.3 is 5.97 Å². The highest BCUT2D eigenvalue weighted by molar-refractivity contribution is 9.10. The minimum atomic E-state index is -0.575. The summed E-state index contributed by atoms with van der Waals surface area (Å²) in [6.45, 7) is 1.45. The number of fused-ring (bicyclic) bond motifs is 1. The molecule has 6 heteroatoms. The Morgan fingerprint density at radius 1 is 1.16 bits per heavy atom. The van der Waals surface area contributed by atoms with Gasteiger partial charge < -0.3 is 14.4 Å². The van der Waals surface area contributed by atoms with Crippen LogP contribution in [0.2, 0.25) is 0 Å². The number of nitrogens with zero attached hydrogens (tertiary/aromatic N) is 1. The molecule has 0 unspecified atom stereocenters. The summed E-state index contributed by atoms with van der Waals surface area (Å²) in [5.41, 5.74) is 2.02. The summed E-state index contributed by atoms with van der Waals surface area (Å²) in [5.74, 6) is -0.249. The van der Waals surface area contributed by atoms with E-state index < -0.39 is 5.97 Å². The van der Waals surface area contributed by atoms with Gasteiger partial charge in [0, 0.05) is 16.2 Å². The van der Waals surface area contributed by atoms with E-state index in [0.29, 0.717) is 5.75 Å². The molecule has 130 valence electrons. The second-order valence-electron chi connectivity index (χ2n) is 5.85. The lowest BCUT2D eigenvalue weighted by atomic mass is 10.1. The van der Waals surface area contributed by atoms with Crippen molar-refractivity contribution in [2.24, 2.45) is 0 Å². The molecule has 1 amide bonds.